The maximum atomic E-state index is 5.57. The van der Waals surface area contributed by atoms with Crippen LogP contribution < -0.4 is 36.0 Å². The Balaban J connectivity index is 0. The van der Waals surface area contributed by atoms with Gasteiger partial charge in [0, 0.05) is 5.75 Å². The predicted octanol–water partition coefficient (Wildman–Crippen LogP) is -2.04. The smallest absolute Gasteiger partial charge is 0.110 e. The second kappa shape index (κ2) is 13.9. The minimum absolute atomic E-state index is 0. The molecule has 0 aliphatic carbocycles. The van der Waals surface area contributed by atoms with Gasteiger partial charge in [0.1, 0.15) is 6.61 Å². The quantitative estimate of drug-likeness (QED) is 0.318. The van der Waals surface area contributed by atoms with E-state index in [1.165, 1.54) is 20.4 Å². The van der Waals surface area contributed by atoms with Crippen molar-refractivity contribution in [2.45, 2.75) is 6.61 Å². The van der Waals surface area contributed by atoms with Crippen LogP contribution in [0.15, 0.2) is 54.6 Å². The molecule has 0 fully saturated rings. The summed E-state index contributed by atoms with van der Waals surface area (Å²) in [6.45, 7) is 0.616. The molecule has 0 aliphatic heterocycles. The number of hydrogen-bond donors (Lipinski definition) is 0. The van der Waals surface area contributed by atoms with Crippen LogP contribution in [0.1, 0.15) is 5.56 Å². The van der Waals surface area contributed by atoms with E-state index in [2.05, 4.69) is 37.9 Å². The first-order valence-electron chi connectivity index (χ1n) is 4.85. The van der Waals surface area contributed by atoms with Crippen molar-refractivity contribution in [1.82, 2.24) is 0 Å². The van der Waals surface area contributed by atoms with E-state index in [9.17, 15) is 0 Å². The van der Waals surface area contributed by atoms with Gasteiger partial charge in [0.05, 0.1) is 0 Å². The third-order valence-electron chi connectivity index (χ3n) is 1.94. The average molecular weight is 418 g/mol. The minimum atomic E-state index is 0. The third kappa shape index (κ3) is 8.56. The average Bonchev–Trinajstić information content (AvgIpc) is 2.41. The second-order valence-corrected chi connectivity index (χ2v) is 3.01. The zero-order chi connectivity index (χ0) is 11.6. The van der Waals surface area contributed by atoms with Crippen molar-refractivity contribution >= 4 is 19.8 Å². The summed E-state index contributed by atoms with van der Waals surface area (Å²) in [6, 6.07) is 20.6. The summed E-state index contributed by atoms with van der Waals surface area (Å²) in [6.07, 6.45) is 0. The van der Waals surface area contributed by atoms with Crippen LogP contribution in [0.3, 0.4) is 0 Å². The Morgan fingerprint density at radius 1 is 1.00 bits per heavy atom. The number of ether oxygens (including phenoxy) is 1. The number of halogens is 2. The van der Waals surface area contributed by atoms with Crippen molar-refractivity contribution in [3.05, 3.63) is 66.2 Å². The Hall–Kier alpha value is 0.481. The van der Waals surface area contributed by atoms with Gasteiger partial charge in [0.2, 0.25) is 0 Å². The molecule has 2 aromatic carbocycles. The molecule has 5 heteroatoms. The van der Waals surface area contributed by atoms with Crippen LogP contribution in [0.25, 0.3) is 0 Å². The van der Waals surface area contributed by atoms with E-state index >= 15 is 0 Å². The third-order valence-corrected chi connectivity index (χ3v) is 1.94. The summed E-state index contributed by atoms with van der Waals surface area (Å²) >= 11 is 3.62. The van der Waals surface area contributed by atoms with Crippen molar-refractivity contribution in [3.8, 4) is 5.75 Å². The Kier molecular flexibility index (Phi) is 16.1. The van der Waals surface area contributed by atoms with Gasteiger partial charge < -0.3 is 17.1 Å². The topological polar surface area (TPSA) is 9.23 Å². The van der Waals surface area contributed by atoms with E-state index in [1.807, 2.05) is 42.5 Å². The molecule has 2 rings (SSSR count). The number of hydrogen-bond acceptors (Lipinski definition) is 1. The maximum absolute atomic E-state index is 5.57. The number of rotatable bonds is 3. The molecule has 0 N–H and O–H groups in total. The predicted molar refractivity (Wildman–Crippen MR) is 70.1 cm³/mol. The molecular weight excluding hydrogens is 407 g/mol. The summed E-state index contributed by atoms with van der Waals surface area (Å²) < 4.78 is 5.57. The van der Waals surface area contributed by atoms with Gasteiger partial charge in [-0.3, -0.25) is 0 Å². The monoisotopic (exact) mass is 416 g/mol. The van der Waals surface area contributed by atoms with E-state index in [0.717, 1.165) is 5.75 Å². The molecule has 0 radical (unpaired) electrons. The Labute approximate surface area is 148 Å². The van der Waals surface area contributed by atoms with Gasteiger partial charge >= 0.3 is 53.4 Å². The van der Waals surface area contributed by atoms with Gasteiger partial charge in [-0.1, -0.05) is 30.3 Å². The van der Waals surface area contributed by atoms with Crippen LogP contribution in [-0.4, -0.2) is 0 Å². The summed E-state index contributed by atoms with van der Waals surface area (Å²) in [4.78, 5) is 0. The van der Waals surface area contributed by atoms with Crippen LogP contribution in [0.5, 0.6) is 5.75 Å². The van der Waals surface area contributed by atoms with Gasteiger partial charge in [-0.05, 0) is 5.56 Å². The first kappa shape index (κ1) is 20.8. The largest absolute Gasteiger partial charge is 0.514 e. The summed E-state index contributed by atoms with van der Waals surface area (Å²) in [7, 11) is 0. The van der Waals surface area contributed by atoms with Crippen LogP contribution in [0.2, 0.25) is 0 Å². The molecule has 0 spiro atoms. The minimum Gasteiger partial charge on any atom is -0.514 e. The van der Waals surface area contributed by atoms with Crippen LogP contribution in [0, 0.1) is 6.07 Å². The molecule has 0 bridgehead atoms. The fourth-order valence-electron chi connectivity index (χ4n) is 1.21. The fourth-order valence-corrected chi connectivity index (χ4v) is 1.21. The second-order valence-electron chi connectivity index (χ2n) is 3.01. The number of benzene rings is 2. The molecule has 0 unspecified atom stereocenters. The van der Waals surface area contributed by atoms with Crippen LogP contribution in [0.4, 0.5) is 0 Å². The van der Waals surface area contributed by atoms with Crippen molar-refractivity contribution in [2.75, 3.05) is 0 Å². The van der Waals surface area contributed by atoms with Gasteiger partial charge in [0.25, 0.3) is 0 Å². The summed E-state index contributed by atoms with van der Waals surface area (Å²) in [5, 5.41) is 0. The molecule has 0 atom stereocenters. The van der Waals surface area contributed by atoms with Crippen LogP contribution >= 0.6 is 19.8 Å². The molecule has 86 valence electrons. The fraction of sp³-hybridized carbons (Fsp3) is 0.0769. The standard InChI is InChI=1S/C13H11O.ClH.HI.Li.Zn/c1-3-7-12(8-4-1)11-14-13-9-5-2-6-10-13;;;;/h1,3-10H,11H2;2*1H;;/q-1;;;+1;+2/p-2. The molecule has 0 heterocycles. The van der Waals surface area contributed by atoms with E-state index in [-0.39, 0.29) is 31.3 Å². The molecule has 0 amide bonds. The summed E-state index contributed by atoms with van der Waals surface area (Å²) in [5.74, 6) is 0.882. The normalized spacial score (nSPS) is 7.94. The van der Waals surface area contributed by atoms with Crippen molar-refractivity contribution in [3.63, 3.8) is 0 Å². The van der Waals surface area contributed by atoms with Gasteiger partial charge in [-0.15, -0.1) is 12.1 Å². The SMILES string of the molecule is [Cl-].[Li+].[Zn+][I].[c-]1ccc(OCc2ccccc2)cc1. The van der Waals surface area contributed by atoms with Gasteiger partial charge in [-0.25, -0.2) is 0 Å². The van der Waals surface area contributed by atoms with E-state index in [1.54, 1.807) is 0 Å². The molecule has 0 saturated heterocycles. The Bertz CT molecular complexity index is 349. The molecule has 0 saturated carbocycles. The van der Waals surface area contributed by atoms with E-state index in [0.29, 0.717) is 6.61 Å². The zero-order valence-electron chi connectivity index (χ0n) is 10.3. The van der Waals surface area contributed by atoms with Gasteiger partial charge in [-0.2, -0.15) is 18.2 Å². The Morgan fingerprint density at radius 3 is 2.11 bits per heavy atom. The molecule has 1 nitrogen and oxygen atoms in total. The molecular formula is C13H11ClILiOZn. The Morgan fingerprint density at radius 2 is 1.56 bits per heavy atom. The molecule has 2 aromatic rings. The van der Waals surface area contributed by atoms with Gasteiger partial charge in [0.15, 0.2) is 0 Å². The van der Waals surface area contributed by atoms with Crippen molar-refractivity contribution in [1.29, 1.82) is 0 Å². The van der Waals surface area contributed by atoms with E-state index < -0.39 is 0 Å². The summed E-state index contributed by atoms with van der Waals surface area (Å²) in [5.41, 5.74) is 1.18. The van der Waals surface area contributed by atoms with Crippen LogP contribution in [-0.2, 0) is 21.4 Å². The first-order valence-corrected chi connectivity index (χ1v) is 13.9. The van der Waals surface area contributed by atoms with Crippen molar-refractivity contribution < 1.29 is 50.8 Å². The molecule has 0 aromatic heterocycles. The first-order chi connectivity index (χ1) is 7.95. The van der Waals surface area contributed by atoms with Crippen molar-refractivity contribution in [2.24, 2.45) is 0 Å². The zero-order valence-corrected chi connectivity index (χ0v) is 16.2. The molecule has 18 heavy (non-hydrogen) atoms. The maximum Gasteiger partial charge on any atom is 0.110 e. The van der Waals surface area contributed by atoms with E-state index in [4.69, 9.17) is 4.74 Å². The molecule has 0 aliphatic rings.